The molecule has 1 aliphatic carbocycles. The molecule has 6 heteroatoms. The Morgan fingerprint density at radius 3 is 2.78 bits per heavy atom. The summed E-state index contributed by atoms with van der Waals surface area (Å²) in [6, 6.07) is 1.44. The minimum Gasteiger partial charge on any atom is -0.394 e. The van der Waals surface area contributed by atoms with E-state index >= 15 is 0 Å². The second kappa shape index (κ2) is 4.89. The lowest BCUT2D eigenvalue weighted by atomic mass is 9.99. The van der Waals surface area contributed by atoms with E-state index in [1.54, 1.807) is 6.92 Å². The van der Waals surface area contributed by atoms with Crippen molar-refractivity contribution in [3.05, 3.63) is 27.9 Å². The van der Waals surface area contributed by atoms with Crippen LogP contribution in [0, 0.1) is 17.0 Å². The Bertz CT molecular complexity index is 456. The van der Waals surface area contributed by atoms with Gasteiger partial charge in [0.2, 0.25) is 0 Å². The van der Waals surface area contributed by atoms with Gasteiger partial charge >= 0.3 is 0 Å². The summed E-state index contributed by atoms with van der Waals surface area (Å²) in [5.41, 5.74) is 0.226. The highest BCUT2D eigenvalue weighted by Gasteiger charge is 2.33. The van der Waals surface area contributed by atoms with Crippen molar-refractivity contribution in [2.75, 3.05) is 11.9 Å². The van der Waals surface area contributed by atoms with E-state index in [1.807, 2.05) is 0 Å². The molecule has 2 rings (SSSR count). The third kappa shape index (κ3) is 2.43. The lowest BCUT2D eigenvalue weighted by Crippen LogP contribution is -2.39. The van der Waals surface area contributed by atoms with Gasteiger partial charge in [-0.1, -0.05) is 12.8 Å². The Kier molecular flexibility index (Phi) is 3.47. The van der Waals surface area contributed by atoms with Crippen molar-refractivity contribution >= 4 is 11.5 Å². The van der Waals surface area contributed by atoms with Gasteiger partial charge in [0.05, 0.1) is 23.1 Å². The smallest absolute Gasteiger partial charge is 0.277 e. The predicted octanol–water partition coefficient (Wildman–Crippen LogP) is 2.02. The maximum Gasteiger partial charge on any atom is 0.277 e. The fourth-order valence-corrected chi connectivity index (χ4v) is 2.42. The number of aliphatic hydroxyl groups is 1. The normalized spacial score (nSPS) is 17.7. The highest BCUT2D eigenvalue weighted by Crippen LogP contribution is 2.33. The zero-order chi connectivity index (χ0) is 13.2. The van der Waals surface area contributed by atoms with Gasteiger partial charge in [0, 0.05) is 11.8 Å². The van der Waals surface area contributed by atoms with E-state index in [4.69, 9.17) is 0 Å². The molecule has 1 heterocycles. The molecule has 0 aliphatic heterocycles. The largest absolute Gasteiger partial charge is 0.394 e. The first-order chi connectivity index (χ1) is 8.56. The van der Waals surface area contributed by atoms with Crippen LogP contribution in [-0.4, -0.2) is 27.2 Å². The first-order valence-corrected chi connectivity index (χ1v) is 6.06. The number of aliphatic hydroxyl groups excluding tert-OH is 1. The van der Waals surface area contributed by atoms with Crippen LogP contribution in [0.4, 0.5) is 11.5 Å². The number of nitro groups is 1. The van der Waals surface area contributed by atoms with Crippen molar-refractivity contribution in [2.24, 2.45) is 0 Å². The summed E-state index contributed by atoms with van der Waals surface area (Å²) in [6.45, 7) is 1.68. The standard InChI is InChI=1S/C12H17N3O3/c1-9-7-13-11(6-10(9)15(17)18)14-12(8-16)4-2-3-5-12/h6-7,16H,2-5,8H2,1H3,(H,13,14). The summed E-state index contributed by atoms with van der Waals surface area (Å²) in [5.74, 6) is 0.461. The predicted molar refractivity (Wildman–Crippen MR) is 67.5 cm³/mol. The average Bonchev–Trinajstić information content (AvgIpc) is 2.80. The number of nitrogens with one attached hydrogen (secondary N) is 1. The van der Waals surface area contributed by atoms with E-state index in [1.165, 1.54) is 12.3 Å². The number of aryl methyl sites for hydroxylation is 1. The Balaban J connectivity index is 2.24. The van der Waals surface area contributed by atoms with E-state index in [-0.39, 0.29) is 17.8 Å². The molecule has 0 atom stereocenters. The lowest BCUT2D eigenvalue weighted by Gasteiger charge is -2.28. The van der Waals surface area contributed by atoms with E-state index in [2.05, 4.69) is 10.3 Å². The Hall–Kier alpha value is -1.69. The van der Waals surface area contributed by atoms with Gasteiger partial charge in [0.15, 0.2) is 0 Å². The number of nitrogens with zero attached hydrogens (tertiary/aromatic N) is 2. The third-order valence-electron chi connectivity index (χ3n) is 3.53. The Labute approximate surface area is 105 Å². The van der Waals surface area contributed by atoms with E-state index in [0.717, 1.165) is 25.7 Å². The Morgan fingerprint density at radius 2 is 2.22 bits per heavy atom. The number of anilines is 1. The summed E-state index contributed by atoms with van der Waals surface area (Å²) in [5, 5.41) is 23.5. The molecule has 1 aromatic rings. The van der Waals surface area contributed by atoms with Gasteiger partial charge in [-0.2, -0.15) is 0 Å². The van der Waals surface area contributed by atoms with Gasteiger partial charge in [-0.3, -0.25) is 10.1 Å². The van der Waals surface area contributed by atoms with Gasteiger partial charge < -0.3 is 10.4 Å². The molecule has 1 aliphatic rings. The number of hydrogen-bond acceptors (Lipinski definition) is 5. The first kappa shape index (κ1) is 12.8. The molecule has 0 spiro atoms. The molecule has 98 valence electrons. The van der Waals surface area contributed by atoms with Crippen LogP contribution >= 0.6 is 0 Å². The van der Waals surface area contributed by atoms with Crippen molar-refractivity contribution in [3.8, 4) is 0 Å². The summed E-state index contributed by atoms with van der Waals surface area (Å²) < 4.78 is 0. The summed E-state index contributed by atoms with van der Waals surface area (Å²) >= 11 is 0. The SMILES string of the molecule is Cc1cnc(NC2(CO)CCCC2)cc1[N+](=O)[O-]. The molecular weight excluding hydrogens is 234 g/mol. The minimum absolute atomic E-state index is 0.0242. The fraction of sp³-hybridized carbons (Fsp3) is 0.583. The molecule has 0 saturated heterocycles. The second-order valence-electron chi connectivity index (χ2n) is 4.88. The zero-order valence-corrected chi connectivity index (χ0v) is 10.3. The molecule has 1 fully saturated rings. The second-order valence-corrected chi connectivity index (χ2v) is 4.88. The van der Waals surface area contributed by atoms with Gasteiger partial charge in [0.1, 0.15) is 5.82 Å². The van der Waals surface area contributed by atoms with Crippen LogP contribution in [0.15, 0.2) is 12.3 Å². The molecule has 0 bridgehead atoms. The quantitative estimate of drug-likeness (QED) is 0.631. The van der Waals surface area contributed by atoms with Crippen LogP contribution in [0.5, 0.6) is 0 Å². The van der Waals surface area contributed by atoms with Crippen LogP contribution in [0.25, 0.3) is 0 Å². The molecule has 0 aromatic carbocycles. The first-order valence-electron chi connectivity index (χ1n) is 6.06. The summed E-state index contributed by atoms with van der Waals surface area (Å²) in [7, 11) is 0. The number of rotatable bonds is 4. The van der Waals surface area contributed by atoms with Crippen molar-refractivity contribution in [1.29, 1.82) is 0 Å². The Morgan fingerprint density at radius 1 is 1.56 bits per heavy atom. The topological polar surface area (TPSA) is 88.3 Å². The summed E-state index contributed by atoms with van der Waals surface area (Å²) in [6.07, 6.45) is 5.34. The van der Waals surface area contributed by atoms with Crippen LogP contribution in [-0.2, 0) is 0 Å². The average molecular weight is 251 g/mol. The van der Waals surface area contributed by atoms with E-state index < -0.39 is 4.92 Å². The fourth-order valence-electron chi connectivity index (χ4n) is 2.42. The zero-order valence-electron chi connectivity index (χ0n) is 10.3. The number of pyridine rings is 1. The van der Waals surface area contributed by atoms with E-state index in [0.29, 0.717) is 11.4 Å². The van der Waals surface area contributed by atoms with Crippen molar-refractivity contribution in [1.82, 2.24) is 4.98 Å². The van der Waals surface area contributed by atoms with Crippen LogP contribution < -0.4 is 5.32 Å². The van der Waals surface area contributed by atoms with Crippen molar-refractivity contribution in [3.63, 3.8) is 0 Å². The van der Waals surface area contributed by atoms with Crippen LogP contribution in [0.2, 0.25) is 0 Å². The van der Waals surface area contributed by atoms with Crippen LogP contribution in [0.1, 0.15) is 31.2 Å². The van der Waals surface area contributed by atoms with Crippen molar-refractivity contribution in [2.45, 2.75) is 38.1 Å². The molecule has 18 heavy (non-hydrogen) atoms. The highest BCUT2D eigenvalue weighted by atomic mass is 16.6. The number of hydrogen-bond donors (Lipinski definition) is 2. The third-order valence-corrected chi connectivity index (χ3v) is 3.53. The molecule has 0 radical (unpaired) electrons. The van der Waals surface area contributed by atoms with E-state index in [9.17, 15) is 15.2 Å². The number of aromatic nitrogens is 1. The minimum atomic E-state index is -0.414. The maximum absolute atomic E-state index is 10.9. The monoisotopic (exact) mass is 251 g/mol. The van der Waals surface area contributed by atoms with Gasteiger partial charge in [0.25, 0.3) is 5.69 Å². The molecule has 6 nitrogen and oxygen atoms in total. The molecule has 0 amide bonds. The van der Waals surface area contributed by atoms with Crippen molar-refractivity contribution < 1.29 is 10.0 Å². The highest BCUT2D eigenvalue weighted by molar-refractivity contribution is 5.50. The molecule has 1 saturated carbocycles. The molecule has 2 N–H and O–H groups in total. The molecular formula is C12H17N3O3. The molecule has 0 unspecified atom stereocenters. The lowest BCUT2D eigenvalue weighted by molar-refractivity contribution is -0.385. The molecule has 1 aromatic heterocycles. The van der Waals surface area contributed by atoms with Gasteiger partial charge in [-0.15, -0.1) is 0 Å². The summed E-state index contributed by atoms with van der Waals surface area (Å²) in [4.78, 5) is 14.6. The van der Waals surface area contributed by atoms with Gasteiger partial charge in [-0.25, -0.2) is 4.98 Å². The van der Waals surface area contributed by atoms with Crippen LogP contribution in [0.3, 0.4) is 0 Å². The van der Waals surface area contributed by atoms with Gasteiger partial charge in [-0.05, 0) is 19.8 Å². The maximum atomic E-state index is 10.9.